The van der Waals surface area contributed by atoms with Gasteiger partial charge in [-0.3, -0.25) is 4.79 Å². The first-order valence-corrected chi connectivity index (χ1v) is 11.5. The Kier molecular flexibility index (Phi) is 5.94. The SMILES string of the molecule is O=C(NC[C@H]1CCCCN1)c1ncccc1S(=O)(=O)N1CCc2ccccc2C1. The molecule has 2 aliphatic heterocycles. The second-order valence-corrected chi connectivity index (χ2v) is 9.47. The zero-order valence-electron chi connectivity index (χ0n) is 16.3. The number of benzene rings is 1. The van der Waals surface area contributed by atoms with Crippen LogP contribution in [0.5, 0.6) is 0 Å². The van der Waals surface area contributed by atoms with Crippen molar-refractivity contribution < 1.29 is 13.2 Å². The maximum Gasteiger partial charge on any atom is 0.271 e. The minimum atomic E-state index is -3.83. The fourth-order valence-corrected chi connectivity index (χ4v) is 5.54. The zero-order chi connectivity index (χ0) is 20.3. The molecule has 1 saturated heterocycles. The Hall–Kier alpha value is -2.29. The van der Waals surface area contributed by atoms with Crippen LogP contribution in [0.25, 0.3) is 0 Å². The molecule has 2 N–H and O–H groups in total. The number of carbonyl (C=O) groups is 1. The summed E-state index contributed by atoms with van der Waals surface area (Å²) in [6.07, 6.45) is 5.39. The molecule has 0 aliphatic carbocycles. The largest absolute Gasteiger partial charge is 0.349 e. The van der Waals surface area contributed by atoms with E-state index in [1.54, 1.807) is 6.07 Å². The smallest absolute Gasteiger partial charge is 0.271 e. The average molecular weight is 415 g/mol. The van der Waals surface area contributed by atoms with Crippen molar-refractivity contribution >= 4 is 15.9 Å². The number of nitrogens with zero attached hydrogens (tertiary/aromatic N) is 2. The molecule has 4 rings (SSSR count). The molecule has 0 saturated carbocycles. The summed E-state index contributed by atoms with van der Waals surface area (Å²) < 4.78 is 28.1. The molecule has 1 atom stereocenters. The van der Waals surface area contributed by atoms with Gasteiger partial charge in [0.25, 0.3) is 5.91 Å². The van der Waals surface area contributed by atoms with Gasteiger partial charge in [-0.1, -0.05) is 30.7 Å². The number of nitrogens with one attached hydrogen (secondary N) is 2. The Balaban J connectivity index is 1.53. The van der Waals surface area contributed by atoms with Crippen LogP contribution < -0.4 is 10.6 Å². The third kappa shape index (κ3) is 4.34. The third-order valence-electron chi connectivity index (χ3n) is 5.62. The summed E-state index contributed by atoms with van der Waals surface area (Å²) in [5, 5.41) is 6.22. The number of amides is 1. The van der Waals surface area contributed by atoms with E-state index in [1.807, 2.05) is 24.3 Å². The van der Waals surface area contributed by atoms with E-state index in [4.69, 9.17) is 0 Å². The average Bonchev–Trinajstić information content (AvgIpc) is 2.78. The molecule has 3 heterocycles. The molecule has 154 valence electrons. The van der Waals surface area contributed by atoms with Gasteiger partial charge in [0.2, 0.25) is 10.0 Å². The molecule has 0 unspecified atom stereocenters. The number of hydrogen-bond donors (Lipinski definition) is 2. The summed E-state index contributed by atoms with van der Waals surface area (Å²) in [7, 11) is -3.83. The van der Waals surface area contributed by atoms with Crippen LogP contribution in [0.2, 0.25) is 0 Å². The maximum atomic E-state index is 13.3. The quantitative estimate of drug-likeness (QED) is 0.777. The van der Waals surface area contributed by atoms with Crippen LogP contribution in [0.1, 0.15) is 40.9 Å². The van der Waals surface area contributed by atoms with E-state index >= 15 is 0 Å². The lowest BCUT2D eigenvalue weighted by Gasteiger charge is -2.28. The summed E-state index contributed by atoms with van der Waals surface area (Å²) >= 11 is 0. The summed E-state index contributed by atoms with van der Waals surface area (Å²) in [5.74, 6) is -0.450. The van der Waals surface area contributed by atoms with Gasteiger partial charge < -0.3 is 10.6 Å². The van der Waals surface area contributed by atoms with Gasteiger partial charge in [-0.05, 0) is 49.1 Å². The fraction of sp³-hybridized carbons (Fsp3) is 0.429. The van der Waals surface area contributed by atoms with E-state index in [-0.39, 0.29) is 16.6 Å². The molecule has 29 heavy (non-hydrogen) atoms. The molecule has 2 aliphatic rings. The minimum Gasteiger partial charge on any atom is -0.349 e. The van der Waals surface area contributed by atoms with Gasteiger partial charge in [-0.2, -0.15) is 4.31 Å². The van der Waals surface area contributed by atoms with E-state index in [2.05, 4.69) is 15.6 Å². The van der Waals surface area contributed by atoms with E-state index in [0.29, 0.717) is 26.1 Å². The van der Waals surface area contributed by atoms with Crippen LogP contribution in [-0.2, 0) is 23.0 Å². The molecule has 1 aromatic heterocycles. The number of carbonyl (C=O) groups excluding carboxylic acids is 1. The van der Waals surface area contributed by atoms with Crippen LogP contribution in [-0.4, -0.2) is 49.3 Å². The normalized spacial score (nSPS) is 20.1. The molecule has 8 heteroatoms. The van der Waals surface area contributed by atoms with Crippen LogP contribution in [0, 0.1) is 0 Å². The van der Waals surface area contributed by atoms with Gasteiger partial charge in [-0.15, -0.1) is 0 Å². The minimum absolute atomic E-state index is 0.0338. The standard InChI is InChI=1S/C21H26N4O3S/c26-21(24-14-18-8-3-4-11-22-18)20-19(9-5-12-23-20)29(27,28)25-13-10-16-6-1-2-7-17(16)15-25/h1-2,5-7,9,12,18,22H,3-4,8,10-11,13-15H2,(H,24,26)/t18-/m1/s1. The zero-order valence-corrected chi connectivity index (χ0v) is 17.1. The number of fused-ring (bicyclic) bond motifs is 1. The lowest BCUT2D eigenvalue weighted by molar-refractivity contribution is 0.0939. The molecule has 0 bridgehead atoms. The monoisotopic (exact) mass is 414 g/mol. The van der Waals surface area contributed by atoms with E-state index in [9.17, 15) is 13.2 Å². The lowest BCUT2D eigenvalue weighted by atomic mass is 10.0. The van der Waals surface area contributed by atoms with Crippen LogP contribution in [0.15, 0.2) is 47.5 Å². The Morgan fingerprint density at radius 2 is 2.00 bits per heavy atom. The van der Waals surface area contributed by atoms with Crippen molar-refractivity contribution in [2.24, 2.45) is 0 Å². The number of rotatable bonds is 5. The Labute approximate surface area is 171 Å². The summed E-state index contributed by atoms with van der Waals surface area (Å²) in [4.78, 5) is 16.8. The molecule has 2 aromatic rings. The van der Waals surface area contributed by atoms with Crippen molar-refractivity contribution in [2.45, 2.75) is 43.2 Å². The summed E-state index contributed by atoms with van der Waals surface area (Å²) in [5.41, 5.74) is 2.13. The molecule has 1 amide bonds. The van der Waals surface area contributed by atoms with Crippen molar-refractivity contribution in [1.29, 1.82) is 0 Å². The maximum absolute atomic E-state index is 13.3. The lowest BCUT2D eigenvalue weighted by Crippen LogP contribution is -2.44. The summed E-state index contributed by atoms with van der Waals surface area (Å²) in [6, 6.07) is 11.1. The number of piperidine rings is 1. The van der Waals surface area contributed by atoms with Gasteiger partial charge in [0, 0.05) is 31.9 Å². The van der Waals surface area contributed by atoms with Gasteiger partial charge in [0.15, 0.2) is 0 Å². The van der Waals surface area contributed by atoms with Gasteiger partial charge in [0.05, 0.1) is 0 Å². The second-order valence-electron chi connectivity index (χ2n) is 7.56. The molecule has 1 aromatic carbocycles. The number of pyridine rings is 1. The second kappa shape index (κ2) is 8.61. The highest BCUT2D eigenvalue weighted by molar-refractivity contribution is 7.89. The van der Waals surface area contributed by atoms with Crippen molar-refractivity contribution in [3.05, 3.63) is 59.4 Å². The van der Waals surface area contributed by atoms with Crippen molar-refractivity contribution in [3.8, 4) is 0 Å². The topological polar surface area (TPSA) is 91.4 Å². The first-order chi connectivity index (χ1) is 14.1. The fourth-order valence-electron chi connectivity index (χ4n) is 3.98. The summed E-state index contributed by atoms with van der Waals surface area (Å²) in [6.45, 7) is 2.11. The highest BCUT2D eigenvalue weighted by Gasteiger charge is 2.32. The number of hydrogen-bond acceptors (Lipinski definition) is 5. The first-order valence-electron chi connectivity index (χ1n) is 10.1. The molecule has 0 radical (unpaired) electrons. The number of sulfonamides is 1. The van der Waals surface area contributed by atoms with E-state index in [0.717, 1.165) is 31.4 Å². The van der Waals surface area contributed by atoms with Crippen molar-refractivity contribution in [2.75, 3.05) is 19.6 Å². The Morgan fingerprint density at radius 1 is 1.17 bits per heavy atom. The molecule has 1 fully saturated rings. The van der Waals surface area contributed by atoms with Crippen LogP contribution in [0.3, 0.4) is 0 Å². The highest BCUT2D eigenvalue weighted by atomic mass is 32.2. The first kappa shape index (κ1) is 20.0. The van der Waals surface area contributed by atoms with Gasteiger partial charge in [-0.25, -0.2) is 13.4 Å². The predicted molar refractivity (Wildman–Crippen MR) is 110 cm³/mol. The van der Waals surface area contributed by atoms with Crippen LogP contribution in [0.4, 0.5) is 0 Å². The molecular weight excluding hydrogens is 388 g/mol. The Morgan fingerprint density at radius 3 is 2.79 bits per heavy atom. The van der Waals surface area contributed by atoms with Gasteiger partial charge >= 0.3 is 0 Å². The van der Waals surface area contributed by atoms with Gasteiger partial charge in [0.1, 0.15) is 10.6 Å². The molecule has 0 spiro atoms. The third-order valence-corrected chi connectivity index (χ3v) is 7.50. The van der Waals surface area contributed by atoms with E-state index in [1.165, 1.54) is 22.1 Å². The van der Waals surface area contributed by atoms with Crippen LogP contribution >= 0.6 is 0 Å². The van der Waals surface area contributed by atoms with Crippen molar-refractivity contribution in [1.82, 2.24) is 19.9 Å². The number of aromatic nitrogens is 1. The molecule has 7 nitrogen and oxygen atoms in total. The molecular formula is C21H26N4O3S. The predicted octanol–water partition coefficient (Wildman–Crippen LogP) is 1.70. The van der Waals surface area contributed by atoms with E-state index < -0.39 is 15.9 Å². The van der Waals surface area contributed by atoms with Crippen molar-refractivity contribution in [3.63, 3.8) is 0 Å². The Bertz CT molecular complexity index is 987. The highest BCUT2D eigenvalue weighted by Crippen LogP contribution is 2.26.